The number of anilines is 3. The molecule has 0 unspecified atom stereocenters. The molecule has 48 heavy (non-hydrogen) atoms. The molecule has 6 rings (SSSR count). The maximum atomic E-state index is 13.6. The van der Waals surface area contributed by atoms with Gasteiger partial charge in [-0.25, -0.2) is 23.4 Å². The third-order valence-corrected chi connectivity index (χ3v) is 8.39. The van der Waals surface area contributed by atoms with Crippen molar-refractivity contribution < 1.29 is 13.6 Å². The standard InChI is InChI=1S/C36H34F2N8O2/c1-44-18-14-29(15-19-44)45(2)28-9-7-27(8-10-28)42-36-40-22-26-20-24(6-12-33(26)43-36)4-3-16-39-34(47)30-13-17-41-46(35(30)48)23-25-5-11-31(37)32(38)21-25/h5-13,17,20-22,29H,14-16,18-19,23H2,1-2H3,(H,39,47)(H,40,42,43). The largest absolute Gasteiger partial charge is 0.372 e. The molecule has 12 heteroatoms. The Labute approximate surface area is 276 Å². The van der Waals surface area contributed by atoms with Crippen LogP contribution in [0.2, 0.25) is 0 Å². The van der Waals surface area contributed by atoms with E-state index in [0.717, 1.165) is 59.3 Å². The maximum absolute atomic E-state index is 13.6. The van der Waals surface area contributed by atoms with Crippen molar-refractivity contribution in [1.82, 2.24) is 30.0 Å². The zero-order chi connectivity index (χ0) is 33.6. The van der Waals surface area contributed by atoms with Crippen molar-refractivity contribution in [3.8, 4) is 11.8 Å². The lowest BCUT2D eigenvalue weighted by molar-refractivity contribution is 0.0956. The van der Waals surface area contributed by atoms with E-state index in [4.69, 9.17) is 0 Å². The lowest BCUT2D eigenvalue weighted by Crippen LogP contribution is -2.41. The Hall–Kier alpha value is -5.67. The van der Waals surface area contributed by atoms with E-state index < -0.39 is 23.1 Å². The van der Waals surface area contributed by atoms with Crippen LogP contribution in [0.1, 0.15) is 34.3 Å². The van der Waals surface area contributed by atoms with Crippen LogP contribution in [-0.2, 0) is 6.54 Å². The van der Waals surface area contributed by atoms with E-state index in [9.17, 15) is 18.4 Å². The molecule has 1 aliphatic heterocycles. The lowest BCUT2D eigenvalue weighted by Gasteiger charge is -2.36. The molecule has 0 spiro atoms. The first-order valence-corrected chi connectivity index (χ1v) is 15.6. The molecule has 10 nitrogen and oxygen atoms in total. The fraction of sp³-hybridized carbons (Fsp3) is 0.250. The Morgan fingerprint density at radius 1 is 1.02 bits per heavy atom. The molecule has 0 bridgehead atoms. The maximum Gasteiger partial charge on any atom is 0.279 e. The number of nitrogens with zero attached hydrogens (tertiary/aromatic N) is 6. The summed E-state index contributed by atoms with van der Waals surface area (Å²) in [5, 5.41) is 10.6. The molecule has 244 valence electrons. The summed E-state index contributed by atoms with van der Waals surface area (Å²) in [5.41, 5.74) is 3.07. The molecule has 2 N–H and O–H groups in total. The van der Waals surface area contributed by atoms with Gasteiger partial charge in [0.2, 0.25) is 5.95 Å². The minimum Gasteiger partial charge on any atom is -0.372 e. The van der Waals surface area contributed by atoms with Crippen LogP contribution in [0.15, 0.2) is 83.9 Å². The summed E-state index contributed by atoms with van der Waals surface area (Å²) in [7, 11) is 4.33. The van der Waals surface area contributed by atoms with Crippen molar-refractivity contribution in [3.63, 3.8) is 0 Å². The van der Waals surface area contributed by atoms with Crippen molar-refractivity contribution in [1.29, 1.82) is 0 Å². The van der Waals surface area contributed by atoms with E-state index in [2.05, 4.69) is 73.6 Å². The molecule has 1 fully saturated rings. The Kier molecular flexibility index (Phi) is 9.68. The second-order valence-electron chi connectivity index (χ2n) is 11.7. The van der Waals surface area contributed by atoms with E-state index in [-0.39, 0.29) is 18.7 Å². The van der Waals surface area contributed by atoms with Gasteiger partial charge >= 0.3 is 0 Å². The number of amides is 1. The molecular formula is C36H34F2N8O2. The second kappa shape index (κ2) is 14.4. The number of fused-ring (bicyclic) bond motifs is 1. The summed E-state index contributed by atoms with van der Waals surface area (Å²) >= 11 is 0. The van der Waals surface area contributed by atoms with Gasteiger partial charge in [-0.05, 0) is 99.2 Å². The Bertz CT molecular complexity index is 2070. The zero-order valence-electron chi connectivity index (χ0n) is 26.6. The SMILES string of the molecule is CN1CCC(N(C)c2ccc(Nc3ncc4cc(C#CCNC(=O)c5ccnn(Cc6ccc(F)c(F)c6)c5=O)ccc4n3)cc2)CC1. The molecule has 1 amide bonds. The summed E-state index contributed by atoms with van der Waals surface area (Å²) in [6.07, 6.45) is 5.34. The van der Waals surface area contributed by atoms with Crippen LogP contribution in [0, 0.1) is 23.5 Å². The number of hydrogen-bond acceptors (Lipinski definition) is 8. The van der Waals surface area contributed by atoms with Gasteiger partial charge in [-0.3, -0.25) is 9.59 Å². The topological polar surface area (TPSA) is 108 Å². The van der Waals surface area contributed by atoms with Crippen LogP contribution in [0.3, 0.4) is 0 Å². The molecule has 3 heterocycles. The molecule has 0 saturated carbocycles. The van der Waals surface area contributed by atoms with Gasteiger partial charge in [0.25, 0.3) is 11.5 Å². The predicted octanol–water partition coefficient (Wildman–Crippen LogP) is 4.57. The van der Waals surface area contributed by atoms with E-state index in [1.807, 2.05) is 30.3 Å². The number of rotatable bonds is 8. The number of piperidine rings is 1. The monoisotopic (exact) mass is 648 g/mol. The van der Waals surface area contributed by atoms with Gasteiger partial charge in [-0.15, -0.1) is 0 Å². The van der Waals surface area contributed by atoms with Crippen molar-refractivity contribution in [2.75, 3.05) is 43.9 Å². The summed E-state index contributed by atoms with van der Waals surface area (Å²) in [4.78, 5) is 39.3. The van der Waals surface area contributed by atoms with Gasteiger partial charge in [0.1, 0.15) is 5.56 Å². The molecule has 3 aromatic carbocycles. The summed E-state index contributed by atoms with van der Waals surface area (Å²) in [6, 6.07) is 19.0. The van der Waals surface area contributed by atoms with Gasteiger partial charge in [0, 0.05) is 47.8 Å². The van der Waals surface area contributed by atoms with E-state index >= 15 is 0 Å². The highest BCUT2D eigenvalue weighted by Gasteiger charge is 2.21. The number of hydrogen-bond donors (Lipinski definition) is 2. The van der Waals surface area contributed by atoms with Crippen LogP contribution in [-0.4, -0.2) is 70.3 Å². The normalized spacial score (nSPS) is 13.5. The number of halogens is 2. The number of benzene rings is 3. The minimum atomic E-state index is -1.03. The number of aromatic nitrogens is 4. The number of carbonyl (C=O) groups excluding carboxylic acids is 1. The van der Waals surface area contributed by atoms with Crippen molar-refractivity contribution >= 4 is 34.1 Å². The Morgan fingerprint density at radius 3 is 2.58 bits per heavy atom. The highest BCUT2D eigenvalue weighted by atomic mass is 19.2. The third kappa shape index (κ3) is 7.65. The summed E-state index contributed by atoms with van der Waals surface area (Å²) in [5.74, 6) is 3.73. The Balaban J connectivity index is 1.04. The van der Waals surface area contributed by atoms with Crippen LogP contribution >= 0.6 is 0 Å². The molecule has 0 radical (unpaired) electrons. The molecule has 0 aliphatic carbocycles. The fourth-order valence-electron chi connectivity index (χ4n) is 5.59. The smallest absolute Gasteiger partial charge is 0.279 e. The van der Waals surface area contributed by atoms with Crippen LogP contribution in [0.5, 0.6) is 0 Å². The first-order chi connectivity index (χ1) is 23.2. The predicted molar refractivity (Wildman–Crippen MR) is 181 cm³/mol. The molecule has 5 aromatic rings. The zero-order valence-corrected chi connectivity index (χ0v) is 26.6. The van der Waals surface area contributed by atoms with Crippen LogP contribution in [0.4, 0.5) is 26.1 Å². The third-order valence-electron chi connectivity index (χ3n) is 8.39. The molecule has 1 saturated heterocycles. The fourth-order valence-corrected chi connectivity index (χ4v) is 5.59. The van der Waals surface area contributed by atoms with E-state index in [0.29, 0.717) is 23.1 Å². The van der Waals surface area contributed by atoms with Gasteiger partial charge in [0.05, 0.1) is 18.6 Å². The molecule has 2 aromatic heterocycles. The lowest BCUT2D eigenvalue weighted by atomic mass is 10.0. The quantitative estimate of drug-likeness (QED) is 0.236. The van der Waals surface area contributed by atoms with E-state index in [1.165, 1.54) is 24.0 Å². The summed E-state index contributed by atoms with van der Waals surface area (Å²) < 4.78 is 27.8. The molecule has 0 atom stereocenters. The van der Waals surface area contributed by atoms with Crippen LogP contribution in [0.25, 0.3) is 10.9 Å². The van der Waals surface area contributed by atoms with Crippen LogP contribution < -0.4 is 21.1 Å². The van der Waals surface area contributed by atoms with Gasteiger partial charge < -0.3 is 20.4 Å². The number of carbonyl (C=O) groups is 1. The Morgan fingerprint density at radius 2 is 1.81 bits per heavy atom. The first-order valence-electron chi connectivity index (χ1n) is 15.6. The highest BCUT2D eigenvalue weighted by Crippen LogP contribution is 2.25. The van der Waals surface area contributed by atoms with Crippen molar-refractivity contribution in [3.05, 3.63) is 118 Å². The number of nitrogens with one attached hydrogen (secondary N) is 2. The molecular weight excluding hydrogens is 614 g/mol. The number of likely N-dealkylation sites (tertiary alicyclic amines) is 1. The first kappa shape index (κ1) is 32.3. The highest BCUT2D eigenvalue weighted by molar-refractivity contribution is 5.93. The van der Waals surface area contributed by atoms with Crippen molar-refractivity contribution in [2.45, 2.75) is 25.4 Å². The molecule has 1 aliphatic rings. The van der Waals surface area contributed by atoms with E-state index in [1.54, 1.807) is 6.20 Å². The van der Waals surface area contributed by atoms with Gasteiger partial charge in [0.15, 0.2) is 11.6 Å². The average Bonchev–Trinajstić information content (AvgIpc) is 3.09. The van der Waals surface area contributed by atoms with Crippen molar-refractivity contribution in [2.24, 2.45) is 0 Å². The van der Waals surface area contributed by atoms with Gasteiger partial charge in [-0.1, -0.05) is 17.9 Å². The second-order valence-corrected chi connectivity index (χ2v) is 11.7. The van der Waals surface area contributed by atoms with Gasteiger partial charge in [-0.2, -0.15) is 5.10 Å². The summed E-state index contributed by atoms with van der Waals surface area (Å²) in [6.45, 7) is 2.11. The average molecular weight is 649 g/mol. The minimum absolute atomic E-state index is 0.00620.